The first-order valence-corrected chi connectivity index (χ1v) is 15.9. The van der Waals surface area contributed by atoms with Gasteiger partial charge in [-0.05, 0) is 68.3 Å². The van der Waals surface area contributed by atoms with Crippen molar-refractivity contribution in [1.29, 1.82) is 0 Å². The molecule has 0 saturated carbocycles. The molecular weight excluding hydrogens is 640 g/mol. The summed E-state index contributed by atoms with van der Waals surface area (Å²) in [6, 6.07) is 10.9. The fraction of sp³-hybridized carbons (Fsp3) is 0.333. The summed E-state index contributed by atoms with van der Waals surface area (Å²) in [5.41, 5.74) is 13.3. The summed E-state index contributed by atoms with van der Waals surface area (Å²) in [4.78, 5) is 83.9. The van der Waals surface area contributed by atoms with Gasteiger partial charge in [-0.25, -0.2) is 9.69 Å². The lowest BCUT2D eigenvalue weighted by atomic mass is 9.94. The third kappa shape index (κ3) is 6.19. The van der Waals surface area contributed by atoms with Gasteiger partial charge < -0.3 is 36.5 Å². The fourth-order valence-corrected chi connectivity index (χ4v) is 7.73. The number of carbonyl (C=O) groups excluding carboxylic acids is 4. The van der Waals surface area contributed by atoms with E-state index in [1.165, 1.54) is 65.7 Å². The molecule has 1 unspecified atom stereocenters. The Morgan fingerprint density at radius 3 is 2.15 bits per heavy atom. The lowest BCUT2D eigenvalue weighted by Crippen LogP contribution is -2.71. The molecule has 2 aromatic carbocycles. The van der Waals surface area contributed by atoms with Gasteiger partial charge in [-0.3, -0.25) is 24.0 Å². The van der Waals surface area contributed by atoms with Crippen LogP contribution in [0.15, 0.2) is 65.5 Å². The molecule has 2 aliphatic heterocycles. The summed E-state index contributed by atoms with van der Waals surface area (Å²) in [6.07, 6.45) is 0. The van der Waals surface area contributed by atoms with E-state index in [4.69, 9.17) is 11.5 Å². The number of amides is 4. The number of imide groups is 1. The highest BCUT2D eigenvalue weighted by Crippen LogP contribution is 2.52. The van der Waals surface area contributed by atoms with Crippen LogP contribution in [0.5, 0.6) is 5.75 Å². The van der Waals surface area contributed by atoms with Crippen LogP contribution in [0.25, 0.3) is 11.3 Å². The van der Waals surface area contributed by atoms with Crippen LogP contribution < -0.4 is 21.9 Å². The maximum absolute atomic E-state index is 14.0. The van der Waals surface area contributed by atoms with E-state index in [1.807, 2.05) is 0 Å². The lowest BCUT2D eigenvalue weighted by molar-refractivity contribution is -0.169. The molecule has 3 aromatic rings. The van der Waals surface area contributed by atoms with E-state index < -0.39 is 69.4 Å². The van der Waals surface area contributed by atoms with Crippen LogP contribution in [0.3, 0.4) is 0 Å². The van der Waals surface area contributed by atoms with Gasteiger partial charge in [0.05, 0.1) is 18.3 Å². The van der Waals surface area contributed by atoms with Gasteiger partial charge in [0.25, 0.3) is 5.56 Å². The number of hydrogen-bond donors (Lipinski definition) is 5. The van der Waals surface area contributed by atoms with Crippen molar-refractivity contribution in [2.24, 2.45) is 11.5 Å². The molecule has 0 bridgehead atoms. The Hall–Kier alpha value is -4.99. The van der Waals surface area contributed by atoms with Gasteiger partial charge >= 0.3 is 5.97 Å². The number of aromatic hydroxyl groups is 1. The van der Waals surface area contributed by atoms with E-state index in [2.05, 4.69) is 4.98 Å². The van der Waals surface area contributed by atoms with Crippen molar-refractivity contribution in [2.45, 2.75) is 68.5 Å². The molecule has 252 valence electrons. The number of carbonyl (C=O) groups is 5. The van der Waals surface area contributed by atoms with E-state index in [0.717, 1.165) is 4.90 Å². The number of rotatable bonds is 9. The number of aromatic nitrogens is 1. The van der Waals surface area contributed by atoms with Crippen LogP contribution in [-0.2, 0) is 30.5 Å². The monoisotopic (exact) mass is 676 g/mol. The van der Waals surface area contributed by atoms with Gasteiger partial charge in [-0.2, -0.15) is 0 Å². The minimum Gasteiger partial charge on any atom is -0.508 e. The highest BCUT2D eigenvalue weighted by Gasteiger charge is 2.66. The van der Waals surface area contributed by atoms with E-state index in [-0.39, 0.29) is 17.9 Å². The first-order chi connectivity index (χ1) is 22.5. The minimum absolute atomic E-state index is 0.0274. The first-order valence-electron chi connectivity index (χ1n) is 15.0. The SMILES string of the molecule is CC(=O)N(C(=O)[C@H](C)N)c1ccc(-c2ccc(CN(C(=O)C(N)c3ccc(O)cc3)[C@@H]3C(=O)N4[C@@H]3SC(C)(C)[C@@H]4C(=O)O)c(=O)[nH]2)cc1. The second kappa shape index (κ2) is 12.9. The first kappa shape index (κ1) is 34.3. The molecule has 0 aliphatic carbocycles. The number of phenols is 1. The second-order valence-electron chi connectivity index (χ2n) is 12.3. The smallest absolute Gasteiger partial charge is 0.327 e. The number of β-lactam (4-membered cyclic amide) rings is 1. The van der Waals surface area contributed by atoms with Gasteiger partial charge in [0, 0.05) is 22.9 Å². The number of anilines is 1. The van der Waals surface area contributed by atoms with Gasteiger partial charge in [0.15, 0.2) is 0 Å². The Kier molecular flexibility index (Phi) is 9.23. The Labute approximate surface area is 279 Å². The number of aliphatic carboxylic acids is 1. The van der Waals surface area contributed by atoms with Crippen molar-refractivity contribution in [3.63, 3.8) is 0 Å². The summed E-state index contributed by atoms with van der Waals surface area (Å²) in [5.74, 6) is -3.48. The maximum atomic E-state index is 14.0. The summed E-state index contributed by atoms with van der Waals surface area (Å²) >= 11 is 1.26. The number of phenolic OH excluding ortho intramolecular Hbond substituents is 1. The molecule has 15 heteroatoms. The zero-order chi connectivity index (χ0) is 35.2. The molecule has 4 amide bonds. The average Bonchev–Trinajstić information content (AvgIpc) is 3.28. The molecule has 3 heterocycles. The number of benzene rings is 2. The quantitative estimate of drug-likeness (QED) is 0.205. The summed E-state index contributed by atoms with van der Waals surface area (Å²) < 4.78 is -0.847. The fourth-order valence-electron chi connectivity index (χ4n) is 6.03. The van der Waals surface area contributed by atoms with Crippen LogP contribution >= 0.6 is 11.8 Å². The number of nitrogens with zero attached hydrogens (tertiary/aromatic N) is 3. The van der Waals surface area contributed by atoms with E-state index in [0.29, 0.717) is 22.5 Å². The maximum Gasteiger partial charge on any atom is 0.327 e. The van der Waals surface area contributed by atoms with Crippen molar-refractivity contribution in [3.8, 4) is 17.0 Å². The molecule has 5 rings (SSSR count). The van der Waals surface area contributed by atoms with Crippen molar-refractivity contribution in [2.75, 3.05) is 4.90 Å². The number of thioether (sulfide) groups is 1. The van der Waals surface area contributed by atoms with Crippen molar-refractivity contribution < 1.29 is 34.2 Å². The van der Waals surface area contributed by atoms with Gasteiger partial charge in [-0.15, -0.1) is 11.8 Å². The Morgan fingerprint density at radius 2 is 1.60 bits per heavy atom. The Balaban J connectivity index is 1.45. The number of aromatic amines is 1. The van der Waals surface area contributed by atoms with Gasteiger partial charge in [0.2, 0.25) is 23.6 Å². The predicted octanol–water partition coefficient (Wildman–Crippen LogP) is 1.52. The highest BCUT2D eigenvalue weighted by molar-refractivity contribution is 8.01. The molecule has 0 radical (unpaired) electrons. The lowest BCUT2D eigenvalue weighted by Gasteiger charge is -2.48. The molecule has 2 saturated heterocycles. The average molecular weight is 677 g/mol. The Morgan fingerprint density at radius 1 is 0.979 bits per heavy atom. The number of H-pyrrole nitrogens is 1. The number of fused-ring (bicyclic) bond motifs is 1. The Bertz CT molecular complexity index is 1840. The highest BCUT2D eigenvalue weighted by atomic mass is 32.2. The van der Waals surface area contributed by atoms with E-state index >= 15 is 0 Å². The van der Waals surface area contributed by atoms with Crippen LogP contribution in [0.1, 0.15) is 44.9 Å². The van der Waals surface area contributed by atoms with Crippen LogP contribution in [0, 0.1) is 0 Å². The number of carboxylic acid groups (broad SMARTS) is 1. The van der Waals surface area contributed by atoms with Crippen LogP contribution in [-0.4, -0.2) is 82.8 Å². The number of nitrogens with one attached hydrogen (secondary N) is 1. The molecule has 0 spiro atoms. The third-order valence-electron chi connectivity index (χ3n) is 8.48. The molecule has 48 heavy (non-hydrogen) atoms. The summed E-state index contributed by atoms with van der Waals surface area (Å²) in [6.45, 7) is 5.87. The normalized spacial score (nSPS) is 20.7. The summed E-state index contributed by atoms with van der Waals surface area (Å²) in [5, 5.41) is 18.9. The number of carboxylic acids is 1. The molecule has 5 atom stereocenters. The van der Waals surface area contributed by atoms with E-state index in [1.54, 1.807) is 44.2 Å². The second-order valence-corrected chi connectivity index (χ2v) is 14.1. The zero-order valence-electron chi connectivity index (χ0n) is 26.6. The molecule has 2 aliphatic rings. The van der Waals surface area contributed by atoms with Crippen LogP contribution in [0.2, 0.25) is 0 Å². The topological polar surface area (TPSA) is 220 Å². The van der Waals surface area contributed by atoms with Crippen molar-refractivity contribution >= 4 is 47.0 Å². The van der Waals surface area contributed by atoms with Crippen LogP contribution in [0.4, 0.5) is 5.69 Å². The van der Waals surface area contributed by atoms with Gasteiger partial charge in [0.1, 0.15) is 29.2 Å². The van der Waals surface area contributed by atoms with Gasteiger partial charge in [-0.1, -0.05) is 24.3 Å². The van der Waals surface area contributed by atoms with Crippen molar-refractivity contribution in [3.05, 3.63) is 82.1 Å². The molecular formula is C33H36N6O8S. The number of pyridine rings is 1. The molecule has 7 N–H and O–H groups in total. The molecule has 2 fully saturated rings. The zero-order valence-corrected chi connectivity index (χ0v) is 27.4. The third-order valence-corrected chi connectivity index (χ3v) is 10.0. The van der Waals surface area contributed by atoms with E-state index in [9.17, 15) is 39.0 Å². The largest absolute Gasteiger partial charge is 0.508 e. The standard InChI is InChI=1S/C33H36N6O8S/c1-16(34)28(43)38(17(2)40)21-10-5-18(6-11-21)23-14-9-20(27(42)36-23)15-37(29(44)24(35)19-7-12-22(41)13-8-19)25-30(45)39-26(32(46)47)33(3,4)48-31(25)39/h5-14,16,24-26,31,41H,15,34-35H2,1-4H3,(H,36,42)(H,46,47)/t16-,24?,25+,26-,31+/m0/s1. The molecule has 1 aromatic heterocycles. The number of hydrogen-bond acceptors (Lipinski definition) is 10. The minimum atomic E-state index is -1.25. The molecule has 14 nitrogen and oxygen atoms in total. The predicted molar refractivity (Wildman–Crippen MR) is 177 cm³/mol. The number of nitrogens with two attached hydrogens (primary N) is 2. The summed E-state index contributed by atoms with van der Waals surface area (Å²) in [7, 11) is 0. The van der Waals surface area contributed by atoms with Crippen molar-refractivity contribution in [1.82, 2.24) is 14.8 Å².